The van der Waals surface area contributed by atoms with Crippen LogP contribution >= 0.6 is 0 Å². The zero-order valence-corrected chi connectivity index (χ0v) is 14.3. The fourth-order valence-electron chi connectivity index (χ4n) is 3.13. The summed E-state index contributed by atoms with van der Waals surface area (Å²) in [5.41, 5.74) is 1.95. The van der Waals surface area contributed by atoms with Crippen LogP contribution in [0.5, 0.6) is 0 Å². The monoisotopic (exact) mass is 349 g/mol. The molecule has 132 valence electrons. The molecule has 3 aromatic rings. The van der Waals surface area contributed by atoms with Crippen molar-refractivity contribution in [1.29, 1.82) is 0 Å². The van der Waals surface area contributed by atoms with Crippen molar-refractivity contribution in [2.24, 2.45) is 0 Å². The van der Waals surface area contributed by atoms with Gasteiger partial charge in [0.1, 0.15) is 11.3 Å². The number of imidazole rings is 1. The molecule has 7 nitrogen and oxygen atoms in total. The second-order valence-electron chi connectivity index (χ2n) is 6.26. The third-order valence-electron chi connectivity index (χ3n) is 4.56. The molecule has 0 radical (unpaired) electrons. The highest BCUT2D eigenvalue weighted by molar-refractivity contribution is 5.93. The summed E-state index contributed by atoms with van der Waals surface area (Å²) in [5.74, 6) is -0.0472. The van der Waals surface area contributed by atoms with Crippen LogP contribution in [0, 0.1) is 0 Å². The summed E-state index contributed by atoms with van der Waals surface area (Å²) < 4.78 is 1.83. The van der Waals surface area contributed by atoms with Gasteiger partial charge in [0, 0.05) is 50.5 Å². The second-order valence-corrected chi connectivity index (χ2v) is 6.26. The molecule has 0 bridgehead atoms. The third-order valence-corrected chi connectivity index (χ3v) is 4.56. The number of hydrogen-bond acceptors (Lipinski definition) is 4. The number of carbonyl (C=O) groups excluding carboxylic acids is 2. The Kier molecular flexibility index (Phi) is 4.35. The van der Waals surface area contributed by atoms with Gasteiger partial charge in [0.25, 0.3) is 5.91 Å². The van der Waals surface area contributed by atoms with Crippen LogP contribution in [0.2, 0.25) is 0 Å². The number of piperazine rings is 1. The Labute approximate surface area is 150 Å². The molecule has 0 aliphatic carbocycles. The van der Waals surface area contributed by atoms with E-state index in [0.717, 1.165) is 11.3 Å². The van der Waals surface area contributed by atoms with Crippen molar-refractivity contribution in [2.45, 2.75) is 6.42 Å². The smallest absolute Gasteiger partial charge is 0.274 e. The molecule has 0 aromatic carbocycles. The van der Waals surface area contributed by atoms with E-state index in [4.69, 9.17) is 0 Å². The number of nitrogens with zero attached hydrogens (tertiary/aromatic N) is 5. The van der Waals surface area contributed by atoms with Gasteiger partial charge in [-0.3, -0.25) is 14.6 Å². The lowest BCUT2D eigenvalue weighted by molar-refractivity contribution is -0.132. The van der Waals surface area contributed by atoms with Crippen molar-refractivity contribution >= 4 is 17.5 Å². The number of hydrogen-bond donors (Lipinski definition) is 0. The molecule has 3 aromatic heterocycles. The molecule has 0 saturated carbocycles. The van der Waals surface area contributed by atoms with E-state index in [1.807, 2.05) is 47.0 Å². The van der Waals surface area contributed by atoms with Crippen molar-refractivity contribution in [2.75, 3.05) is 26.2 Å². The molecule has 26 heavy (non-hydrogen) atoms. The molecule has 1 aliphatic heterocycles. The van der Waals surface area contributed by atoms with Gasteiger partial charge in [-0.25, -0.2) is 4.98 Å². The van der Waals surface area contributed by atoms with E-state index in [2.05, 4.69) is 9.97 Å². The van der Waals surface area contributed by atoms with Crippen LogP contribution in [0.1, 0.15) is 16.2 Å². The van der Waals surface area contributed by atoms with Gasteiger partial charge < -0.3 is 14.2 Å². The predicted octanol–water partition coefficient (Wildman–Crippen LogP) is 1.26. The van der Waals surface area contributed by atoms with Crippen LogP contribution in [0.4, 0.5) is 0 Å². The Morgan fingerprint density at radius 1 is 0.962 bits per heavy atom. The zero-order chi connectivity index (χ0) is 17.9. The summed E-state index contributed by atoms with van der Waals surface area (Å²) in [5, 5.41) is 0. The molecule has 1 aliphatic rings. The van der Waals surface area contributed by atoms with Crippen LogP contribution in [0.25, 0.3) is 5.65 Å². The van der Waals surface area contributed by atoms with Gasteiger partial charge in [0.05, 0.1) is 6.42 Å². The zero-order valence-electron chi connectivity index (χ0n) is 14.3. The second kappa shape index (κ2) is 6.95. The number of aromatic nitrogens is 3. The van der Waals surface area contributed by atoms with Crippen molar-refractivity contribution in [3.05, 3.63) is 66.4 Å². The number of amides is 2. The van der Waals surface area contributed by atoms with Crippen LogP contribution in [-0.4, -0.2) is 62.2 Å². The van der Waals surface area contributed by atoms with Crippen molar-refractivity contribution < 1.29 is 9.59 Å². The lowest BCUT2D eigenvalue weighted by Gasteiger charge is -2.34. The minimum atomic E-state index is -0.0921. The molecular weight excluding hydrogens is 330 g/mol. The van der Waals surface area contributed by atoms with E-state index in [1.165, 1.54) is 0 Å². The minimum absolute atomic E-state index is 0.0449. The first kappa shape index (κ1) is 16.3. The van der Waals surface area contributed by atoms with E-state index in [1.54, 1.807) is 22.2 Å². The summed E-state index contributed by atoms with van der Waals surface area (Å²) in [6.07, 6.45) is 5.60. The van der Waals surface area contributed by atoms with Crippen LogP contribution in [-0.2, 0) is 11.2 Å². The highest BCUT2D eigenvalue weighted by Crippen LogP contribution is 2.11. The first-order valence-corrected chi connectivity index (χ1v) is 8.61. The normalized spacial score (nSPS) is 14.6. The Bertz CT molecular complexity index is 896. The number of rotatable bonds is 3. The highest BCUT2D eigenvalue weighted by Gasteiger charge is 2.26. The maximum Gasteiger partial charge on any atom is 0.274 e. The molecule has 0 unspecified atom stereocenters. The van der Waals surface area contributed by atoms with Crippen LogP contribution in [0.15, 0.2) is 55.0 Å². The quantitative estimate of drug-likeness (QED) is 0.714. The SMILES string of the molecule is O=C(Cc1ccccn1)N1CCN(C(=O)c2cn3ccccc3n2)CC1. The first-order valence-electron chi connectivity index (χ1n) is 8.61. The number of fused-ring (bicyclic) bond motifs is 1. The largest absolute Gasteiger partial charge is 0.339 e. The van der Waals surface area contributed by atoms with Gasteiger partial charge in [0.15, 0.2) is 0 Å². The Balaban J connectivity index is 1.37. The molecule has 0 spiro atoms. The Morgan fingerprint density at radius 3 is 2.46 bits per heavy atom. The van der Waals surface area contributed by atoms with Gasteiger partial charge in [-0.1, -0.05) is 12.1 Å². The molecule has 1 saturated heterocycles. The fourth-order valence-corrected chi connectivity index (χ4v) is 3.13. The highest BCUT2D eigenvalue weighted by atomic mass is 16.2. The first-order chi connectivity index (χ1) is 12.7. The molecule has 1 fully saturated rings. The summed E-state index contributed by atoms with van der Waals surface area (Å²) in [6, 6.07) is 11.2. The Morgan fingerprint density at radius 2 is 1.73 bits per heavy atom. The number of carbonyl (C=O) groups is 2. The lowest BCUT2D eigenvalue weighted by Crippen LogP contribution is -2.51. The maximum atomic E-state index is 12.7. The average Bonchev–Trinajstić information content (AvgIpc) is 3.12. The van der Waals surface area contributed by atoms with Crippen LogP contribution in [0.3, 0.4) is 0 Å². The van der Waals surface area contributed by atoms with E-state index in [9.17, 15) is 9.59 Å². The summed E-state index contributed by atoms with van der Waals surface area (Å²) in [4.78, 5) is 37.2. The average molecular weight is 349 g/mol. The van der Waals surface area contributed by atoms with Gasteiger partial charge in [-0.05, 0) is 24.3 Å². The van der Waals surface area contributed by atoms with E-state index in [-0.39, 0.29) is 11.8 Å². The lowest BCUT2D eigenvalue weighted by atomic mass is 10.2. The molecule has 2 amide bonds. The van der Waals surface area contributed by atoms with Crippen LogP contribution < -0.4 is 0 Å². The molecule has 7 heteroatoms. The fraction of sp³-hybridized carbons (Fsp3) is 0.263. The van der Waals surface area contributed by atoms with Gasteiger partial charge in [-0.2, -0.15) is 0 Å². The topological polar surface area (TPSA) is 70.8 Å². The van der Waals surface area contributed by atoms with Gasteiger partial charge >= 0.3 is 0 Å². The van der Waals surface area contributed by atoms with Crippen molar-refractivity contribution in [3.63, 3.8) is 0 Å². The van der Waals surface area contributed by atoms with E-state index < -0.39 is 0 Å². The molecule has 4 rings (SSSR count). The Hall–Kier alpha value is -3.22. The van der Waals surface area contributed by atoms with Gasteiger partial charge in [-0.15, -0.1) is 0 Å². The minimum Gasteiger partial charge on any atom is -0.339 e. The summed E-state index contributed by atoms with van der Waals surface area (Å²) in [6.45, 7) is 2.09. The molecule has 4 heterocycles. The standard InChI is InChI=1S/C19H19N5O2/c25-18(13-15-5-1-3-7-20-15)22-9-11-23(12-10-22)19(26)16-14-24-8-4-2-6-17(24)21-16/h1-8,14H,9-13H2. The third kappa shape index (κ3) is 3.28. The van der Waals surface area contributed by atoms with Crippen molar-refractivity contribution in [3.8, 4) is 0 Å². The predicted molar refractivity (Wildman–Crippen MR) is 95.6 cm³/mol. The van der Waals surface area contributed by atoms with Gasteiger partial charge in [0.2, 0.25) is 5.91 Å². The molecule has 0 N–H and O–H groups in total. The summed E-state index contributed by atoms with van der Waals surface area (Å²) in [7, 11) is 0. The molecule has 0 atom stereocenters. The molecular formula is C19H19N5O2. The van der Waals surface area contributed by atoms with Crippen molar-refractivity contribution in [1.82, 2.24) is 24.2 Å². The maximum absolute atomic E-state index is 12.7. The van der Waals surface area contributed by atoms with E-state index >= 15 is 0 Å². The summed E-state index contributed by atoms with van der Waals surface area (Å²) >= 11 is 0. The van der Waals surface area contributed by atoms with E-state index in [0.29, 0.717) is 38.3 Å². The number of pyridine rings is 2.